The molecule has 0 aromatic carbocycles. The van der Waals surface area contributed by atoms with Crippen LogP contribution in [0.2, 0.25) is 0 Å². The zero-order valence-corrected chi connectivity index (χ0v) is 11.7. The van der Waals surface area contributed by atoms with Crippen molar-refractivity contribution in [1.82, 2.24) is 14.8 Å². The number of ether oxygens (including phenoxy) is 1. The van der Waals surface area contributed by atoms with Gasteiger partial charge in [0.25, 0.3) is 0 Å². The first-order chi connectivity index (χ1) is 8.52. The van der Waals surface area contributed by atoms with Crippen LogP contribution in [-0.2, 0) is 22.5 Å². The lowest BCUT2D eigenvalue weighted by atomic mass is 10.1. The maximum absolute atomic E-state index is 11.8. The summed E-state index contributed by atoms with van der Waals surface area (Å²) in [5.41, 5.74) is 0. The van der Waals surface area contributed by atoms with Gasteiger partial charge in [-0.05, 0) is 19.3 Å². The summed E-state index contributed by atoms with van der Waals surface area (Å²) in [6.07, 6.45) is 3.30. The maximum Gasteiger partial charge on any atom is 0.140 e. The first-order valence-electron chi connectivity index (χ1n) is 6.44. The molecule has 1 aromatic heterocycles. The Kier molecular flexibility index (Phi) is 5.98. The van der Waals surface area contributed by atoms with Gasteiger partial charge in [-0.2, -0.15) is 5.10 Å². The third-order valence-corrected chi connectivity index (χ3v) is 2.82. The van der Waals surface area contributed by atoms with Crippen LogP contribution in [0.15, 0.2) is 6.33 Å². The van der Waals surface area contributed by atoms with Crippen molar-refractivity contribution in [1.29, 1.82) is 0 Å². The molecular formula is C13H23N3O2. The van der Waals surface area contributed by atoms with Gasteiger partial charge >= 0.3 is 0 Å². The molecular weight excluding hydrogens is 230 g/mol. The number of carbonyl (C=O) groups excluding carboxylic acids is 1. The van der Waals surface area contributed by atoms with Crippen LogP contribution < -0.4 is 0 Å². The Morgan fingerprint density at radius 1 is 1.44 bits per heavy atom. The smallest absolute Gasteiger partial charge is 0.140 e. The first-order valence-corrected chi connectivity index (χ1v) is 6.44. The van der Waals surface area contributed by atoms with Gasteiger partial charge in [-0.1, -0.05) is 13.8 Å². The van der Waals surface area contributed by atoms with Crippen molar-refractivity contribution >= 4 is 5.78 Å². The third kappa shape index (κ3) is 4.96. The lowest BCUT2D eigenvalue weighted by Crippen LogP contribution is -2.15. The highest BCUT2D eigenvalue weighted by atomic mass is 16.5. The molecule has 5 heteroatoms. The van der Waals surface area contributed by atoms with Crippen molar-refractivity contribution in [2.75, 3.05) is 7.11 Å². The molecule has 0 amide bonds. The number of nitrogens with zero attached hydrogens (tertiary/aromatic N) is 3. The number of aromatic nitrogens is 3. The standard InChI is InChI=1S/C13H23N3O2/c1-10(2)8-16-13(14-9-15-16)7-12(17)6-5-11(3)18-4/h9-11H,5-8H2,1-4H3. The zero-order valence-electron chi connectivity index (χ0n) is 11.7. The van der Waals surface area contributed by atoms with E-state index in [-0.39, 0.29) is 11.9 Å². The van der Waals surface area contributed by atoms with Gasteiger partial charge in [0.15, 0.2) is 0 Å². The minimum atomic E-state index is 0.127. The molecule has 102 valence electrons. The normalized spacial score (nSPS) is 12.9. The number of ketones is 1. The lowest BCUT2D eigenvalue weighted by molar-refractivity contribution is -0.119. The van der Waals surface area contributed by atoms with E-state index >= 15 is 0 Å². The van der Waals surface area contributed by atoms with Gasteiger partial charge in [0, 0.05) is 20.1 Å². The van der Waals surface area contributed by atoms with Crippen molar-refractivity contribution in [2.45, 2.75) is 52.7 Å². The van der Waals surface area contributed by atoms with E-state index in [1.54, 1.807) is 7.11 Å². The summed E-state index contributed by atoms with van der Waals surface area (Å²) in [7, 11) is 1.66. The Hall–Kier alpha value is -1.23. The predicted molar refractivity (Wildman–Crippen MR) is 69.3 cm³/mol. The number of methoxy groups -OCH3 is 1. The third-order valence-electron chi connectivity index (χ3n) is 2.82. The molecule has 0 radical (unpaired) electrons. The fourth-order valence-electron chi connectivity index (χ4n) is 1.67. The summed E-state index contributed by atoms with van der Waals surface area (Å²) in [6, 6.07) is 0. The highest BCUT2D eigenvalue weighted by molar-refractivity contribution is 5.80. The Bertz CT molecular complexity index is 374. The van der Waals surface area contributed by atoms with Gasteiger partial charge in [0.05, 0.1) is 12.5 Å². The highest BCUT2D eigenvalue weighted by Gasteiger charge is 2.12. The highest BCUT2D eigenvalue weighted by Crippen LogP contribution is 2.06. The summed E-state index contributed by atoms with van der Waals surface area (Å²) in [5, 5.41) is 4.15. The van der Waals surface area contributed by atoms with E-state index in [9.17, 15) is 4.79 Å². The predicted octanol–water partition coefficient (Wildman–Crippen LogP) is 1.86. The van der Waals surface area contributed by atoms with Crippen LogP contribution in [0.5, 0.6) is 0 Å². The van der Waals surface area contributed by atoms with E-state index in [1.165, 1.54) is 6.33 Å². The molecule has 0 bridgehead atoms. The molecule has 1 atom stereocenters. The van der Waals surface area contributed by atoms with E-state index in [0.717, 1.165) is 18.8 Å². The fourth-order valence-corrected chi connectivity index (χ4v) is 1.67. The summed E-state index contributed by atoms with van der Waals surface area (Å²) < 4.78 is 6.95. The number of Topliss-reactive ketones (excluding diaryl/α,β-unsaturated/α-hetero) is 1. The van der Waals surface area contributed by atoms with Gasteiger partial charge in [-0.3, -0.25) is 4.79 Å². The Balaban J connectivity index is 2.46. The number of carbonyl (C=O) groups is 1. The van der Waals surface area contributed by atoms with Crippen LogP contribution in [-0.4, -0.2) is 33.8 Å². The van der Waals surface area contributed by atoms with E-state index in [1.807, 2.05) is 11.6 Å². The van der Waals surface area contributed by atoms with Crippen molar-refractivity contribution in [3.8, 4) is 0 Å². The van der Waals surface area contributed by atoms with E-state index in [0.29, 0.717) is 18.8 Å². The minimum Gasteiger partial charge on any atom is -0.382 e. The van der Waals surface area contributed by atoms with Gasteiger partial charge in [0.2, 0.25) is 0 Å². The molecule has 0 aliphatic rings. The molecule has 0 N–H and O–H groups in total. The molecule has 1 aromatic rings. The maximum atomic E-state index is 11.8. The first kappa shape index (κ1) is 14.8. The summed E-state index contributed by atoms with van der Waals surface area (Å²) in [5.74, 6) is 1.45. The molecule has 5 nitrogen and oxygen atoms in total. The second-order valence-electron chi connectivity index (χ2n) is 5.05. The van der Waals surface area contributed by atoms with Crippen LogP contribution in [0.4, 0.5) is 0 Å². The molecule has 0 spiro atoms. The topological polar surface area (TPSA) is 57.0 Å². The van der Waals surface area contributed by atoms with Crippen molar-refractivity contribution in [2.24, 2.45) is 5.92 Å². The number of hydrogen-bond donors (Lipinski definition) is 0. The lowest BCUT2D eigenvalue weighted by Gasteiger charge is -2.09. The molecule has 0 saturated heterocycles. The number of hydrogen-bond acceptors (Lipinski definition) is 4. The summed E-state index contributed by atoms with van der Waals surface area (Å²) in [6.45, 7) is 7.01. The molecule has 0 aliphatic carbocycles. The molecule has 18 heavy (non-hydrogen) atoms. The molecule has 0 fully saturated rings. The molecule has 0 aliphatic heterocycles. The van der Waals surface area contributed by atoms with Gasteiger partial charge in [-0.25, -0.2) is 9.67 Å². The Labute approximate surface area is 109 Å². The summed E-state index contributed by atoms with van der Waals surface area (Å²) >= 11 is 0. The second-order valence-corrected chi connectivity index (χ2v) is 5.05. The SMILES string of the molecule is COC(C)CCC(=O)Cc1ncnn1CC(C)C. The molecule has 0 saturated carbocycles. The van der Waals surface area contributed by atoms with Crippen LogP contribution in [0, 0.1) is 5.92 Å². The van der Waals surface area contributed by atoms with Crippen LogP contribution in [0.3, 0.4) is 0 Å². The number of rotatable bonds is 8. The molecule has 1 unspecified atom stereocenters. The van der Waals surface area contributed by atoms with Crippen molar-refractivity contribution in [3.63, 3.8) is 0 Å². The van der Waals surface area contributed by atoms with Gasteiger partial charge < -0.3 is 4.74 Å². The minimum absolute atomic E-state index is 0.127. The quantitative estimate of drug-likeness (QED) is 0.709. The zero-order chi connectivity index (χ0) is 13.5. The Morgan fingerprint density at radius 2 is 2.17 bits per heavy atom. The largest absolute Gasteiger partial charge is 0.382 e. The van der Waals surface area contributed by atoms with E-state index in [4.69, 9.17) is 4.74 Å². The van der Waals surface area contributed by atoms with E-state index < -0.39 is 0 Å². The second kappa shape index (κ2) is 7.26. The van der Waals surface area contributed by atoms with Gasteiger partial charge in [-0.15, -0.1) is 0 Å². The average Bonchev–Trinajstić information content (AvgIpc) is 2.72. The Morgan fingerprint density at radius 3 is 2.78 bits per heavy atom. The molecule has 1 rings (SSSR count). The fraction of sp³-hybridized carbons (Fsp3) is 0.769. The van der Waals surface area contributed by atoms with Crippen LogP contribution in [0.1, 0.15) is 39.4 Å². The summed E-state index contributed by atoms with van der Waals surface area (Å²) in [4.78, 5) is 16.0. The van der Waals surface area contributed by atoms with Crippen LogP contribution in [0.25, 0.3) is 0 Å². The average molecular weight is 253 g/mol. The monoisotopic (exact) mass is 253 g/mol. The van der Waals surface area contributed by atoms with Crippen molar-refractivity contribution in [3.05, 3.63) is 12.2 Å². The van der Waals surface area contributed by atoms with E-state index in [2.05, 4.69) is 23.9 Å². The van der Waals surface area contributed by atoms with Crippen molar-refractivity contribution < 1.29 is 9.53 Å². The molecule has 1 heterocycles. The van der Waals surface area contributed by atoms with Gasteiger partial charge in [0.1, 0.15) is 17.9 Å². The van der Waals surface area contributed by atoms with Crippen LogP contribution >= 0.6 is 0 Å².